The van der Waals surface area contributed by atoms with Gasteiger partial charge in [-0.1, -0.05) is 24.3 Å². The van der Waals surface area contributed by atoms with Crippen LogP contribution in [0, 0.1) is 5.82 Å². The lowest BCUT2D eigenvalue weighted by Crippen LogP contribution is -2.28. The lowest BCUT2D eigenvalue weighted by Gasteiger charge is -2.09. The van der Waals surface area contributed by atoms with Gasteiger partial charge in [-0.15, -0.1) is 23.5 Å². The molecule has 136 valence electrons. The van der Waals surface area contributed by atoms with Gasteiger partial charge < -0.3 is 10.1 Å². The number of carbonyl (C=O) groups is 2. The number of hydrogen-bond acceptors (Lipinski definition) is 5. The Morgan fingerprint density at radius 2 is 1.69 bits per heavy atom. The van der Waals surface area contributed by atoms with Gasteiger partial charge in [0.25, 0.3) is 5.91 Å². The Labute approximate surface area is 159 Å². The number of carbonyl (C=O) groups excluding carboxylic acids is 2. The van der Waals surface area contributed by atoms with Crippen molar-refractivity contribution in [3.8, 4) is 0 Å². The van der Waals surface area contributed by atoms with Crippen molar-refractivity contribution in [2.75, 3.05) is 18.1 Å². The molecule has 4 nitrogen and oxygen atoms in total. The molecule has 2 aromatic carbocycles. The van der Waals surface area contributed by atoms with Crippen LogP contribution < -0.4 is 5.32 Å². The van der Waals surface area contributed by atoms with Crippen molar-refractivity contribution in [1.82, 2.24) is 5.32 Å². The van der Waals surface area contributed by atoms with Crippen molar-refractivity contribution in [2.24, 2.45) is 0 Å². The summed E-state index contributed by atoms with van der Waals surface area (Å²) in [6, 6.07) is 13.2. The van der Waals surface area contributed by atoms with Gasteiger partial charge in [0.2, 0.25) is 0 Å². The van der Waals surface area contributed by atoms with E-state index in [1.54, 1.807) is 24.3 Å². The third-order valence-corrected chi connectivity index (χ3v) is 6.88. The first-order valence-corrected chi connectivity index (χ1v) is 10.2. The standard InChI is InChI=1S/C19H18FNO3S2/c20-16-7-1-13(2-8-16)11-21-17(22)12-24-18(23)14-3-5-15(6-4-14)19-25-9-10-26-19/h1-8,19H,9-12H2,(H,21,22). The number of benzene rings is 2. The number of ether oxygens (including phenoxy) is 1. The van der Waals surface area contributed by atoms with Gasteiger partial charge in [0.05, 0.1) is 10.1 Å². The average molecular weight is 391 g/mol. The molecule has 26 heavy (non-hydrogen) atoms. The summed E-state index contributed by atoms with van der Waals surface area (Å²) in [7, 11) is 0. The monoisotopic (exact) mass is 391 g/mol. The Bertz CT molecular complexity index is 759. The molecule has 0 bridgehead atoms. The van der Waals surface area contributed by atoms with Gasteiger partial charge in [-0.25, -0.2) is 9.18 Å². The third kappa shape index (κ3) is 5.25. The summed E-state index contributed by atoms with van der Waals surface area (Å²) in [6.45, 7) is -0.0990. The molecule has 0 aliphatic carbocycles. The molecule has 1 aliphatic heterocycles. The molecule has 1 heterocycles. The summed E-state index contributed by atoms with van der Waals surface area (Å²) in [4.78, 5) is 23.8. The molecule has 7 heteroatoms. The number of esters is 1. The van der Waals surface area contributed by atoms with Gasteiger partial charge >= 0.3 is 5.97 Å². The number of hydrogen-bond donors (Lipinski definition) is 1. The predicted molar refractivity (Wildman–Crippen MR) is 103 cm³/mol. The van der Waals surface area contributed by atoms with Gasteiger partial charge in [0, 0.05) is 18.1 Å². The van der Waals surface area contributed by atoms with Crippen molar-refractivity contribution in [1.29, 1.82) is 0 Å². The summed E-state index contributed by atoms with van der Waals surface area (Å²) in [6.07, 6.45) is 0. The SMILES string of the molecule is O=C(COC(=O)c1ccc(C2SCCS2)cc1)NCc1ccc(F)cc1. The van der Waals surface area contributed by atoms with Crippen LogP contribution in [0.3, 0.4) is 0 Å². The van der Waals surface area contributed by atoms with E-state index in [0.717, 1.165) is 17.1 Å². The van der Waals surface area contributed by atoms with E-state index in [-0.39, 0.29) is 19.0 Å². The second-order valence-electron chi connectivity index (χ2n) is 5.67. The highest BCUT2D eigenvalue weighted by atomic mass is 32.2. The summed E-state index contributed by atoms with van der Waals surface area (Å²) >= 11 is 3.80. The third-order valence-electron chi connectivity index (χ3n) is 3.78. The Morgan fingerprint density at radius 1 is 1.04 bits per heavy atom. The molecule has 1 fully saturated rings. The van der Waals surface area contributed by atoms with Gasteiger partial charge in [0.1, 0.15) is 5.82 Å². The second kappa shape index (κ2) is 9.09. The highest BCUT2D eigenvalue weighted by molar-refractivity contribution is 8.19. The molecule has 1 amide bonds. The fourth-order valence-electron chi connectivity index (χ4n) is 2.40. The van der Waals surface area contributed by atoms with Gasteiger partial charge in [0.15, 0.2) is 6.61 Å². The molecule has 1 N–H and O–H groups in total. The quantitative estimate of drug-likeness (QED) is 0.760. The fraction of sp³-hybridized carbons (Fsp3) is 0.263. The van der Waals surface area contributed by atoms with Crippen LogP contribution >= 0.6 is 23.5 Å². The maximum absolute atomic E-state index is 12.8. The van der Waals surface area contributed by atoms with E-state index in [1.807, 2.05) is 35.7 Å². The summed E-state index contributed by atoms with van der Waals surface area (Å²) in [5.74, 6) is 1.03. The Morgan fingerprint density at radius 3 is 2.35 bits per heavy atom. The molecule has 2 aromatic rings. The van der Waals surface area contributed by atoms with Crippen LogP contribution in [0.2, 0.25) is 0 Å². The van der Waals surface area contributed by atoms with Crippen LogP contribution in [0.1, 0.15) is 26.1 Å². The predicted octanol–water partition coefficient (Wildman–Crippen LogP) is 3.78. The molecular formula is C19H18FNO3S2. The van der Waals surface area contributed by atoms with E-state index in [4.69, 9.17) is 4.74 Å². The normalized spacial score (nSPS) is 14.2. The van der Waals surface area contributed by atoms with Crippen LogP contribution in [0.5, 0.6) is 0 Å². The van der Waals surface area contributed by atoms with Crippen LogP contribution in [-0.2, 0) is 16.1 Å². The second-order valence-corrected chi connectivity index (χ2v) is 8.40. The molecule has 0 radical (unpaired) electrons. The molecule has 3 rings (SSSR count). The number of nitrogens with one attached hydrogen (secondary N) is 1. The van der Waals surface area contributed by atoms with Gasteiger partial charge in [-0.05, 0) is 35.4 Å². The smallest absolute Gasteiger partial charge is 0.338 e. The van der Waals surface area contributed by atoms with Gasteiger partial charge in [-0.2, -0.15) is 0 Å². The van der Waals surface area contributed by atoms with Crippen LogP contribution in [0.4, 0.5) is 4.39 Å². The molecular weight excluding hydrogens is 373 g/mol. The van der Waals surface area contributed by atoms with E-state index in [0.29, 0.717) is 10.1 Å². The summed E-state index contributed by atoms with van der Waals surface area (Å²) < 4.78 is 18.3. The highest BCUT2D eigenvalue weighted by Crippen LogP contribution is 2.45. The van der Waals surface area contributed by atoms with Crippen molar-refractivity contribution in [3.05, 3.63) is 71.0 Å². The first kappa shape index (κ1) is 18.8. The zero-order valence-corrected chi connectivity index (χ0v) is 15.6. The van der Waals surface area contributed by atoms with Crippen molar-refractivity contribution in [3.63, 3.8) is 0 Å². The molecule has 0 saturated carbocycles. The van der Waals surface area contributed by atoms with Crippen molar-refractivity contribution in [2.45, 2.75) is 11.1 Å². The molecule has 0 atom stereocenters. The van der Waals surface area contributed by atoms with E-state index < -0.39 is 11.9 Å². The number of amides is 1. The summed E-state index contributed by atoms with van der Waals surface area (Å²) in [5.41, 5.74) is 2.38. The van der Waals surface area contributed by atoms with Crippen LogP contribution in [0.15, 0.2) is 48.5 Å². The van der Waals surface area contributed by atoms with Crippen LogP contribution in [0.25, 0.3) is 0 Å². The van der Waals surface area contributed by atoms with Crippen molar-refractivity contribution >= 4 is 35.4 Å². The molecule has 1 aliphatic rings. The number of halogens is 1. The minimum Gasteiger partial charge on any atom is -0.452 e. The Kier molecular flexibility index (Phi) is 6.57. The first-order chi connectivity index (χ1) is 12.6. The van der Waals surface area contributed by atoms with E-state index >= 15 is 0 Å². The zero-order chi connectivity index (χ0) is 18.4. The number of thioether (sulfide) groups is 2. The molecule has 0 spiro atoms. The first-order valence-electron chi connectivity index (χ1n) is 8.13. The summed E-state index contributed by atoms with van der Waals surface area (Å²) in [5, 5.41) is 2.63. The highest BCUT2D eigenvalue weighted by Gasteiger charge is 2.18. The minimum absolute atomic E-state index is 0.252. The maximum Gasteiger partial charge on any atom is 0.338 e. The molecule has 0 aromatic heterocycles. The molecule has 0 unspecified atom stereocenters. The maximum atomic E-state index is 12.8. The van der Waals surface area contributed by atoms with Crippen LogP contribution in [-0.4, -0.2) is 30.0 Å². The lowest BCUT2D eigenvalue weighted by molar-refractivity contribution is -0.124. The van der Waals surface area contributed by atoms with E-state index in [2.05, 4.69) is 5.32 Å². The Balaban J connectivity index is 1.44. The van der Waals surface area contributed by atoms with Crippen molar-refractivity contribution < 1.29 is 18.7 Å². The largest absolute Gasteiger partial charge is 0.452 e. The average Bonchev–Trinajstić information content (AvgIpc) is 3.20. The number of rotatable bonds is 6. The van der Waals surface area contributed by atoms with Gasteiger partial charge in [-0.3, -0.25) is 4.79 Å². The molecule has 1 saturated heterocycles. The van der Waals surface area contributed by atoms with E-state index in [9.17, 15) is 14.0 Å². The fourth-order valence-corrected chi connectivity index (χ4v) is 5.25. The zero-order valence-electron chi connectivity index (χ0n) is 13.9. The lowest BCUT2D eigenvalue weighted by atomic mass is 10.1. The minimum atomic E-state index is -0.528. The topological polar surface area (TPSA) is 55.4 Å². The van der Waals surface area contributed by atoms with E-state index in [1.165, 1.54) is 17.7 Å². The Hall–Kier alpha value is -1.99.